The Morgan fingerprint density at radius 1 is 1.00 bits per heavy atom. The van der Waals surface area contributed by atoms with E-state index in [-0.39, 0.29) is 31.3 Å². The number of benzene rings is 2. The molecule has 2 N–H and O–H groups in total. The number of para-hydroxylation sites is 1. The summed E-state index contributed by atoms with van der Waals surface area (Å²) >= 11 is 0. The minimum atomic E-state index is -0.484. The van der Waals surface area contributed by atoms with Crippen LogP contribution in [0.2, 0.25) is 0 Å². The van der Waals surface area contributed by atoms with Crippen LogP contribution in [-0.2, 0) is 19.1 Å². The Balaban J connectivity index is 1.73. The van der Waals surface area contributed by atoms with Gasteiger partial charge >= 0.3 is 5.97 Å². The molecule has 0 fully saturated rings. The molecular formula is C20H21N3O5. The van der Waals surface area contributed by atoms with Gasteiger partial charge < -0.3 is 14.8 Å². The molecule has 0 unspecified atom stereocenters. The fourth-order valence-corrected chi connectivity index (χ4v) is 2.09. The Kier molecular flexibility index (Phi) is 8.19. The van der Waals surface area contributed by atoms with Crippen LogP contribution in [0.1, 0.15) is 18.4 Å². The van der Waals surface area contributed by atoms with Crippen LogP contribution in [0.5, 0.6) is 5.75 Å². The zero-order chi connectivity index (χ0) is 20.2. The molecule has 0 bridgehead atoms. The first-order valence-corrected chi connectivity index (χ1v) is 8.53. The number of rotatable bonds is 9. The average molecular weight is 383 g/mol. The number of hydrazone groups is 1. The molecule has 0 aliphatic heterocycles. The molecular weight excluding hydrogens is 362 g/mol. The van der Waals surface area contributed by atoms with Gasteiger partial charge in [0.1, 0.15) is 5.75 Å². The fourth-order valence-electron chi connectivity index (χ4n) is 2.09. The Labute approximate surface area is 162 Å². The number of amides is 2. The van der Waals surface area contributed by atoms with E-state index in [2.05, 4.69) is 20.6 Å². The second-order valence-electron chi connectivity index (χ2n) is 5.64. The van der Waals surface area contributed by atoms with E-state index in [1.165, 1.54) is 13.3 Å². The molecule has 0 atom stereocenters. The lowest BCUT2D eigenvalue weighted by atomic mass is 10.2. The number of nitrogens with zero attached hydrogens (tertiary/aromatic N) is 1. The predicted molar refractivity (Wildman–Crippen MR) is 104 cm³/mol. The van der Waals surface area contributed by atoms with E-state index in [4.69, 9.17) is 4.74 Å². The molecule has 28 heavy (non-hydrogen) atoms. The smallest absolute Gasteiger partial charge is 0.343 e. The van der Waals surface area contributed by atoms with Gasteiger partial charge in [-0.25, -0.2) is 10.2 Å². The highest BCUT2D eigenvalue weighted by Gasteiger charge is 2.06. The van der Waals surface area contributed by atoms with Gasteiger partial charge in [0, 0.05) is 18.5 Å². The third kappa shape index (κ3) is 7.69. The van der Waals surface area contributed by atoms with Crippen molar-refractivity contribution in [1.29, 1.82) is 0 Å². The second kappa shape index (κ2) is 11.1. The molecule has 0 aliphatic rings. The number of hydrogen-bond donors (Lipinski definition) is 2. The molecule has 8 heteroatoms. The van der Waals surface area contributed by atoms with Crippen LogP contribution in [0.4, 0.5) is 5.69 Å². The first-order chi connectivity index (χ1) is 13.6. The minimum absolute atomic E-state index is 0.0122. The molecule has 0 saturated heterocycles. The van der Waals surface area contributed by atoms with Crippen molar-refractivity contribution in [2.75, 3.05) is 19.0 Å². The van der Waals surface area contributed by atoms with Crippen molar-refractivity contribution in [1.82, 2.24) is 5.43 Å². The summed E-state index contributed by atoms with van der Waals surface area (Å²) in [4.78, 5) is 34.7. The number of hydrogen-bond acceptors (Lipinski definition) is 6. The molecule has 8 nitrogen and oxygen atoms in total. The van der Waals surface area contributed by atoms with Gasteiger partial charge in [-0.2, -0.15) is 5.10 Å². The molecule has 0 saturated carbocycles. The molecule has 0 heterocycles. The summed E-state index contributed by atoms with van der Waals surface area (Å²) in [5.74, 6) is -0.640. The predicted octanol–water partition coefficient (Wildman–Crippen LogP) is 2.11. The SMILES string of the molecule is COC(=O)COc1cccc(C=NNC(=O)CCC(=O)Nc2ccccc2)c1. The quantitative estimate of drug-likeness (QED) is 0.392. The molecule has 146 valence electrons. The fraction of sp³-hybridized carbons (Fsp3) is 0.200. The van der Waals surface area contributed by atoms with Gasteiger partial charge in [-0.1, -0.05) is 30.3 Å². The van der Waals surface area contributed by atoms with Gasteiger partial charge in [0.15, 0.2) is 6.61 Å². The number of carbonyl (C=O) groups is 3. The highest BCUT2D eigenvalue weighted by atomic mass is 16.6. The van der Waals surface area contributed by atoms with Gasteiger partial charge in [-0.15, -0.1) is 0 Å². The van der Waals surface area contributed by atoms with E-state index in [1.54, 1.807) is 36.4 Å². The van der Waals surface area contributed by atoms with Gasteiger partial charge in [-0.05, 0) is 29.8 Å². The molecule has 2 aromatic carbocycles. The molecule has 0 spiro atoms. The summed E-state index contributed by atoms with van der Waals surface area (Å²) in [6.07, 6.45) is 1.50. The van der Waals surface area contributed by atoms with Crippen molar-refractivity contribution in [3.05, 3.63) is 60.2 Å². The lowest BCUT2D eigenvalue weighted by Gasteiger charge is -2.05. The topological polar surface area (TPSA) is 106 Å². The first kappa shape index (κ1) is 20.6. The van der Waals surface area contributed by atoms with Crippen molar-refractivity contribution in [3.8, 4) is 5.75 Å². The highest BCUT2D eigenvalue weighted by Crippen LogP contribution is 2.12. The molecule has 2 amide bonds. The Morgan fingerprint density at radius 3 is 2.50 bits per heavy atom. The van der Waals surface area contributed by atoms with Gasteiger partial charge in [0.2, 0.25) is 11.8 Å². The van der Waals surface area contributed by atoms with E-state index in [1.807, 2.05) is 18.2 Å². The summed E-state index contributed by atoms with van der Waals surface area (Å²) in [6.45, 7) is -0.196. The zero-order valence-corrected chi connectivity index (χ0v) is 15.4. The summed E-state index contributed by atoms with van der Waals surface area (Å²) in [5.41, 5.74) is 3.72. The van der Waals surface area contributed by atoms with Crippen molar-refractivity contribution in [2.24, 2.45) is 5.10 Å². The van der Waals surface area contributed by atoms with Crippen LogP contribution in [0.15, 0.2) is 59.7 Å². The van der Waals surface area contributed by atoms with Gasteiger partial charge in [0.05, 0.1) is 13.3 Å². The standard InChI is InChI=1S/C20H21N3O5/c1-27-20(26)14-28-17-9-5-6-15(12-17)13-21-23-19(25)11-10-18(24)22-16-7-3-2-4-8-16/h2-9,12-13H,10-11,14H2,1H3,(H,22,24)(H,23,25). The second-order valence-corrected chi connectivity index (χ2v) is 5.64. The maximum Gasteiger partial charge on any atom is 0.343 e. The Morgan fingerprint density at radius 2 is 1.75 bits per heavy atom. The normalized spacial score (nSPS) is 10.3. The highest BCUT2D eigenvalue weighted by molar-refractivity contribution is 5.93. The molecule has 2 aromatic rings. The number of ether oxygens (including phenoxy) is 2. The number of anilines is 1. The van der Waals surface area contributed by atoms with E-state index in [9.17, 15) is 14.4 Å². The van der Waals surface area contributed by atoms with Crippen molar-refractivity contribution in [2.45, 2.75) is 12.8 Å². The molecule has 0 radical (unpaired) electrons. The van der Waals surface area contributed by atoms with Gasteiger partial charge in [-0.3, -0.25) is 9.59 Å². The molecule has 2 rings (SSSR count). The van der Waals surface area contributed by atoms with Gasteiger partial charge in [0.25, 0.3) is 0 Å². The summed E-state index contributed by atoms with van der Waals surface area (Å²) < 4.78 is 9.77. The minimum Gasteiger partial charge on any atom is -0.482 e. The zero-order valence-electron chi connectivity index (χ0n) is 15.4. The molecule has 0 aliphatic carbocycles. The third-order valence-electron chi connectivity index (χ3n) is 3.48. The van der Waals surface area contributed by atoms with E-state index in [0.29, 0.717) is 17.0 Å². The van der Waals surface area contributed by atoms with Crippen LogP contribution in [0, 0.1) is 0 Å². The van der Waals surface area contributed by atoms with Crippen LogP contribution >= 0.6 is 0 Å². The first-order valence-electron chi connectivity index (χ1n) is 8.53. The maximum absolute atomic E-state index is 11.8. The van der Waals surface area contributed by atoms with Crippen molar-refractivity contribution in [3.63, 3.8) is 0 Å². The van der Waals surface area contributed by atoms with Crippen molar-refractivity contribution >= 4 is 29.7 Å². The third-order valence-corrected chi connectivity index (χ3v) is 3.48. The van der Waals surface area contributed by atoms with E-state index >= 15 is 0 Å². The van der Waals surface area contributed by atoms with Crippen LogP contribution in [0.3, 0.4) is 0 Å². The Hall–Kier alpha value is -3.68. The molecule has 0 aromatic heterocycles. The lowest BCUT2D eigenvalue weighted by molar-refractivity contribution is -0.142. The number of methoxy groups -OCH3 is 1. The number of nitrogens with one attached hydrogen (secondary N) is 2. The monoisotopic (exact) mass is 383 g/mol. The van der Waals surface area contributed by atoms with Crippen molar-refractivity contribution < 1.29 is 23.9 Å². The van der Waals surface area contributed by atoms with E-state index in [0.717, 1.165) is 0 Å². The Bertz CT molecular complexity index is 837. The van der Waals surface area contributed by atoms with Crippen LogP contribution < -0.4 is 15.5 Å². The summed E-state index contributed by atoms with van der Waals surface area (Å²) in [7, 11) is 1.28. The average Bonchev–Trinajstić information content (AvgIpc) is 2.71. The maximum atomic E-state index is 11.8. The largest absolute Gasteiger partial charge is 0.482 e. The lowest BCUT2D eigenvalue weighted by Crippen LogP contribution is -2.20. The number of carbonyl (C=O) groups excluding carboxylic acids is 3. The van der Waals surface area contributed by atoms with E-state index < -0.39 is 5.97 Å². The van der Waals surface area contributed by atoms with Crippen LogP contribution in [-0.4, -0.2) is 37.7 Å². The summed E-state index contributed by atoms with van der Waals surface area (Å²) in [6, 6.07) is 15.8. The number of esters is 1. The van der Waals surface area contributed by atoms with Crippen LogP contribution in [0.25, 0.3) is 0 Å². The summed E-state index contributed by atoms with van der Waals surface area (Å²) in [5, 5.41) is 6.56.